The third-order valence-corrected chi connectivity index (χ3v) is 5.18. The molecule has 3 aromatic rings. The molecule has 6 nitrogen and oxygen atoms in total. The van der Waals surface area contributed by atoms with Gasteiger partial charge in [-0.15, -0.1) is 11.3 Å². The number of nitro benzene ring substituents is 1. The van der Waals surface area contributed by atoms with Crippen LogP contribution in [0.15, 0.2) is 30.6 Å². The van der Waals surface area contributed by atoms with E-state index < -0.39 is 4.92 Å². The van der Waals surface area contributed by atoms with Gasteiger partial charge in [0, 0.05) is 10.9 Å². The van der Waals surface area contributed by atoms with Gasteiger partial charge in [0.1, 0.15) is 11.2 Å². The molecule has 0 radical (unpaired) electrons. The number of benzene rings is 1. The lowest BCUT2D eigenvalue weighted by Gasteiger charge is -2.11. The fourth-order valence-electron chi connectivity index (χ4n) is 2.94. The summed E-state index contributed by atoms with van der Waals surface area (Å²) in [6, 6.07) is 6.35. The Hall–Kier alpha value is -2.54. The number of ether oxygens (including phenoxy) is 1. The zero-order valence-corrected chi connectivity index (χ0v) is 13.0. The summed E-state index contributed by atoms with van der Waals surface area (Å²) in [6.07, 6.45) is 5.82. The van der Waals surface area contributed by atoms with E-state index in [0.29, 0.717) is 5.88 Å². The molecule has 7 heteroatoms. The molecule has 23 heavy (non-hydrogen) atoms. The molecule has 116 valence electrons. The van der Waals surface area contributed by atoms with Gasteiger partial charge in [-0.3, -0.25) is 10.1 Å². The van der Waals surface area contributed by atoms with Gasteiger partial charge in [-0.2, -0.15) is 0 Å². The van der Waals surface area contributed by atoms with E-state index in [9.17, 15) is 10.1 Å². The van der Waals surface area contributed by atoms with E-state index in [2.05, 4.69) is 9.97 Å². The number of thiophene rings is 1. The molecule has 2 heterocycles. The van der Waals surface area contributed by atoms with Crippen LogP contribution in [0, 0.1) is 10.1 Å². The van der Waals surface area contributed by atoms with Gasteiger partial charge in [0.05, 0.1) is 10.3 Å². The van der Waals surface area contributed by atoms with E-state index in [0.717, 1.165) is 29.5 Å². The van der Waals surface area contributed by atoms with Crippen LogP contribution in [0.2, 0.25) is 0 Å². The molecule has 0 aliphatic heterocycles. The van der Waals surface area contributed by atoms with Gasteiger partial charge in [0.15, 0.2) is 0 Å². The number of rotatable bonds is 3. The highest BCUT2D eigenvalue weighted by Gasteiger charge is 2.22. The third kappa shape index (κ3) is 2.43. The molecule has 4 rings (SSSR count). The molecule has 2 aromatic heterocycles. The van der Waals surface area contributed by atoms with E-state index in [-0.39, 0.29) is 11.4 Å². The van der Waals surface area contributed by atoms with Crippen LogP contribution in [0.3, 0.4) is 0 Å². The summed E-state index contributed by atoms with van der Waals surface area (Å²) < 4.78 is 5.82. The molecule has 0 bridgehead atoms. The Labute approximate surface area is 135 Å². The molecule has 0 unspecified atom stereocenters. The van der Waals surface area contributed by atoms with Crippen LogP contribution in [-0.2, 0) is 12.8 Å². The Balaban J connectivity index is 1.84. The first kappa shape index (κ1) is 14.1. The third-order valence-electron chi connectivity index (χ3n) is 3.99. The van der Waals surface area contributed by atoms with Crippen molar-refractivity contribution in [1.82, 2.24) is 9.97 Å². The zero-order chi connectivity index (χ0) is 15.8. The van der Waals surface area contributed by atoms with Gasteiger partial charge >= 0.3 is 5.69 Å². The Morgan fingerprint density at radius 2 is 2.00 bits per heavy atom. The van der Waals surface area contributed by atoms with Crippen molar-refractivity contribution in [1.29, 1.82) is 0 Å². The lowest BCUT2D eigenvalue weighted by molar-refractivity contribution is -0.385. The molecule has 0 fully saturated rings. The van der Waals surface area contributed by atoms with Gasteiger partial charge in [0.25, 0.3) is 0 Å². The fraction of sp³-hybridized carbons (Fsp3) is 0.250. The molecule has 1 aromatic carbocycles. The van der Waals surface area contributed by atoms with Gasteiger partial charge < -0.3 is 4.74 Å². The average molecular weight is 327 g/mol. The molecule has 1 aliphatic rings. The van der Waals surface area contributed by atoms with Crippen molar-refractivity contribution in [2.45, 2.75) is 25.7 Å². The quantitative estimate of drug-likeness (QED) is 0.530. The van der Waals surface area contributed by atoms with Crippen molar-refractivity contribution in [3.8, 4) is 11.6 Å². The van der Waals surface area contributed by atoms with Crippen molar-refractivity contribution < 1.29 is 9.66 Å². The molecular formula is C16H13N3O3S. The summed E-state index contributed by atoms with van der Waals surface area (Å²) >= 11 is 1.67. The van der Waals surface area contributed by atoms with E-state index in [1.54, 1.807) is 29.5 Å². The molecule has 0 saturated heterocycles. The Morgan fingerprint density at radius 1 is 1.17 bits per heavy atom. The van der Waals surface area contributed by atoms with Crippen LogP contribution in [0.5, 0.6) is 11.6 Å². The van der Waals surface area contributed by atoms with E-state index in [1.165, 1.54) is 29.3 Å². The normalized spacial score (nSPS) is 13.7. The van der Waals surface area contributed by atoms with Crippen molar-refractivity contribution >= 4 is 27.2 Å². The topological polar surface area (TPSA) is 78.2 Å². The van der Waals surface area contributed by atoms with E-state index >= 15 is 0 Å². The second-order valence-corrected chi connectivity index (χ2v) is 6.48. The van der Waals surface area contributed by atoms with Gasteiger partial charge in [0.2, 0.25) is 11.6 Å². The predicted octanol–water partition coefficient (Wildman–Crippen LogP) is 4.27. The highest BCUT2D eigenvalue weighted by Crippen LogP contribution is 2.41. The number of hydrogen-bond donors (Lipinski definition) is 0. The van der Waals surface area contributed by atoms with Crippen LogP contribution < -0.4 is 4.74 Å². The van der Waals surface area contributed by atoms with E-state index in [1.807, 2.05) is 0 Å². The maximum Gasteiger partial charge on any atom is 0.311 e. The van der Waals surface area contributed by atoms with Crippen LogP contribution in [-0.4, -0.2) is 14.9 Å². The van der Waals surface area contributed by atoms with Crippen LogP contribution in [0.4, 0.5) is 5.69 Å². The number of para-hydroxylation sites is 2. The molecule has 0 spiro atoms. The summed E-state index contributed by atoms with van der Waals surface area (Å²) in [5.74, 6) is 0.608. The maximum atomic E-state index is 11.2. The number of aryl methyl sites for hydroxylation is 2. The van der Waals surface area contributed by atoms with Crippen LogP contribution in [0.1, 0.15) is 23.3 Å². The van der Waals surface area contributed by atoms with Crippen molar-refractivity contribution in [3.05, 3.63) is 51.1 Å². The minimum absolute atomic E-state index is 0.0663. The van der Waals surface area contributed by atoms with Gasteiger partial charge in [-0.1, -0.05) is 12.1 Å². The first-order chi connectivity index (χ1) is 11.2. The first-order valence-electron chi connectivity index (χ1n) is 7.40. The molecule has 1 aliphatic carbocycles. The summed E-state index contributed by atoms with van der Waals surface area (Å²) in [4.78, 5) is 21.5. The SMILES string of the molecule is O=[N+]([O-])c1ccccc1Oc1ncnc2sc3c(c12)CCCC3. The lowest BCUT2D eigenvalue weighted by Crippen LogP contribution is -2.00. The van der Waals surface area contributed by atoms with Crippen molar-refractivity contribution in [3.63, 3.8) is 0 Å². The van der Waals surface area contributed by atoms with Crippen LogP contribution in [0.25, 0.3) is 10.2 Å². The van der Waals surface area contributed by atoms with E-state index in [4.69, 9.17) is 4.74 Å². The van der Waals surface area contributed by atoms with Crippen molar-refractivity contribution in [2.24, 2.45) is 0 Å². The fourth-order valence-corrected chi connectivity index (χ4v) is 4.16. The summed E-state index contributed by atoms with van der Waals surface area (Å²) in [7, 11) is 0. The van der Waals surface area contributed by atoms with Crippen LogP contribution >= 0.6 is 11.3 Å². The molecule has 0 saturated carbocycles. The summed E-state index contributed by atoms with van der Waals surface area (Å²) in [5, 5.41) is 12.1. The largest absolute Gasteiger partial charge is 0.431 e. The Morgan fingerprint density at radius 3 is 2.87 bits per heavy atom. The molecular weight excluding hydrogens is 314 g/mol. The molecule has 0 amide bonds. The predicted molar refractivity (Wildman–Crippen MR) is 87.2 cm³/mol. The summed E-state index contributed by atoms with van der Waals surface area (Å²) in [6.45, 7) is 0. The Bertz CT molecular complexity index is 907. The number of nitro groups is 1. The summed E-state index contributed by atoms with van der Waals surface area (Å²) in [5.41, 5.74) is 1.17. The Kier molecular flexibility index (Phi) is 3.42. The minimum atomic E-state index is -0.448. The first-order valence-corrected chi connectivity index (χ1v) is 8.22. The van der Waals surface area contributed by atoms with Crippen molar-refractivity contribution in [2.75, 3.05) is 0 Å². The highest BCUT2D eigenvalue weighted by molar-refractivity contribution is 7.18. The maximum absolute atomic E-state index is 11.2. The lowest BCUT2D eigenvalue weighted by atomic mass is 9.97. The number of hydrogen-bond acceptors (Lipinski definition) is 6. The van der Waals surface area contributed by atoms with Gasteiger partial charge in [-0.25, -0.2) is 9.97 Å². The number of nitrogens with zero attached hydrogens (tertiary/aromatic N) is 3. The number of fused-ring (bicyclic) bond motifs is 3. The van der Waals surface area contributed by atoms with Gasteiger partial charge in [-0.05, 0) is 37.3 Å². The molecule has 0 N–H and O–H groups in total. The standard InChI is InChI=1S/C16H13N3O3S/c20-19(21)11-6-2-3-7-12(11)22-15-14-10-5-1-4-8-13(10)23-16(14)18-9-17-15/h2-3,6-7,9H,1,4-5,8H2. The molecule has 0 atom stereocenters. The monoisotopic (exact) mass is 327 g/mol. The minimum Gasteiger partial charge on any atom is -0.431 e. The number of aromatic nitrogens is 2. The smallest absolute Gasteiger partial charge is 0.311 e. The second-order valence-electron chi connectivity index (χ2n) is 5.40. The zero-order valence-electron chi connectivity index (χ0n) is 12.2. The highest BCUT2D eigenvalue weighted by atomic mass is 32.1. The second kappa shape index (κ2) is 5.58. The average Bonchev–Trinajstić information content (AvgIpc) is 2.94.